The van der Waals surface area contributed by atoms with Gasteiger partial charge in [0.15, 0.2) is 0 Å². The van der Waals surface area contributed by atoms with Crippen molar-refractivity contribution in [3.63, 3.8) is 0 Å². The number of rotatable bonds is 0. The van der Waals surface area contributed by atoms with Gasteiger partial charge in [0, 0.05) is 83.6 Å². The molecule has 0 saturated heterocycles. The molecule has 10 heavy (non-hydrogen) atoms. The first kappa shape index (κ1) is 12.3. The maximum Gasteiger partial charge on any atom is 0.0780 e. The van der Waals surface area contributed by atoms with E-state index in [0.29, 0.717) is 6.42 Å². The van der Waals surface area contributed by atoms with Gasteiger partial charge in [-0.3, -0.25) is 4.99 Å². The molecule has 1 aliphatic heterocycles. The summed E-state index contributed by atoms with van der Waals surface area (Å²) < 4.78 is 7.34. The fourth-order valence-electron chi connectivity index (χ4n) is 0.627. The molecule has 0 aromatic carbocycles. The summed E-state index contributed by atoms with van der Waals surface area (Å²) in [6, 6.07) is 0. The van der Waals surface area contributed by atoms with Gasteiger partial charge in [0.25, 0.3) is 0 Å². The summed E-state index contributed by atoms with van der Waals surface area (Å²) in [5.74, 6) is -0.847. The molecule has 53 valence electrons. The summed E-state index contributed by atoms with van der Waals surface area (Å²) in [5, 5.41) is 0. The molecule has 1 aliphatic rings. The number of hydrogen-bond donors (Lipinski definition) is 0. The summed E-state index contributed by atoms with van der Waals surface area (Å²) in [6.45, 7) is 2.53. The SMILES string of the molecule is II.[2H]C1([B])CCN=C1C.[Y]. The third-order valence-corrected chi connectivity index (χ3v) is 1.19. The van der Waals surface area contributed by atoms with E-state index in [1.807, 2.05) is 0 Å². The second-order valence-corrected chi connectivity index (χ2v) is 1.74. The van der Waals surface area contributed by atoms with Gasteiger partial charge in [0.05, 0.1) is 7.85 Å². The Kier molecular flexibility index (Phi) is 11.5. The van der Waals surface area contributed by atoms with Crippen LogP contribution in [0.3, 0.4) is 0 Å². The Labute approximate surface area is 114 Å². The third-order valence-electron chi connectivity index (χ3n) is 1.19. The smallest absolute Gasteiger partial charge is 0.0780 e. The third kappa shape index (κ3) is 5.89. The molecule has 0 aromatic heterocycles. The summed E-state index contributed by atoms with van der Waals surface area (Å²) in [6.07, 6.45) is 0.679. The maximum atomic E-state index is 7.34. The van der Waals surface area contributed by atoms with Crippen molar-refractivity contribution in [2.75, 3.05) is 6.54 Å². The monoisotopic (exact) mass is 437 g/mol. The molecule has 0 aliphatic carbocycles. The van der Waals surface area contributed by atoms with Gasteiger partial charge in [0.1, 0.15) is 0 Å². The zero-order valence-corrected chi connectivity index (χ0v) is 12.9. The molecule has 1 nitrogen and oxygen atoms in total. The summed E-state index contributed by atoms with van der Waals surface area (Å²) >= 11 is 4.24. The van der Waals surface area contributed by atoms with E-state index < -0.39 is 5.79 Å². The van der Waals surface area contributed by atoms with Crippen LogP contribution in [0.1, 0.15) is 14.7 Å². The van der Waals surface area contributed by atoms with Crippen LogP contribution >= 0.6 is 37.2 Å². The molecule has 0 saturated carbocycles. The predicted octanol–water partition coefficient (Wildman–Crippen LogP) is 2.58. The quantitative estimate of drug-likeness (QED) is 0.409. The van der Waals surface area contributed by atoms with Crippen LogP contribution in [0.5, 0.6) is 0 Å². The van der Waals surface area contributed by atoms with Crippen molar-refractivity contribution in [3.05, 3.63) is 0 Å². The van der Waals surface area contributed by atoms with Crippen LogP contribution in [-0.4, -0.2) is 20.1 Å². The van der Waals surface area contributed by atoms with Crippen molar-refractivity contribution >= 4 is 50.8 Å². The Hall–Kier alpha value is 2.30. The van der Waals surface area contributed by atoms with Crippen LogP contribution in [0.4, 0.5) is 0 Å². The van der Waals surface area contributed by atoms with Gasteiger partial charge >= 0.3 is 0 Å². The minimum Gasteiger partial charge on any atom is -0.295 e. The minimum atomic E-state index is -0.847. The van der Waals surface area contributed by atoms with Crippen molar-refractivity contribution in [2.24, 2.45) is 4.99 Å². The second-order valence-electron chi connectivity index (χ2n) is 1.74. The number of aliphatic imine (C=N–C) groups is 1. The number of hydrogen-bond acceptors (Lipinski definition) is 1. The van der Waals surface area contributed by atoms with E-state index in [2.05, 4.69) is 42.2 Å². The van der Waals surface area contributed by atoms with E-state index in [1.54, 1.807) is 6.92 Å². The molecular weight excluding hydrogens is 428 g/mol. The van der Waals surface area contributed by atoms with Gasteiger partial charge in [-0.15, -0.1) is 0 Å². The molecule has 0 amide bonds. The van der Waals surface area contributed by atoms with E-state index >= 15 is 0 Å². The van der Waals surface area contributed by atoms with Crippen LogP contribution in [0.2, 0.25) is 5.79 Å². The Morgan fingerprint density at radius 2 is 2.30 bits per heavy atom. The molecule has 0 fully saturated rings. The first-order valence-corrected chi connectivity index (χ1v) is 8.86. The molecule has 1 atom stereocenters. The molecule has 0 aromatic rings. The van der Waals surface area contributed by atoms with Crippen LogP contribution < -0.4 is 0 Å². The fraction of sp³-hybridized carbons (Fsp3) is 0.800. The zero-order chi connectivity index (χ0) is 8.20. The van der Waals surface area contributed by atoms with Crippen LogP contribution in [0, 0.1) is 0 Å². The van der Waals surface area contributed by atoms with Gasteiger partial charge in [-0.25, -0.2) is 0 Å². The molecule has 0 spiro atoms. The molecule has 1 rings (SSSR count). The van der Waals surface area contributed by atoms with Crippen molar-refractivity contribution in [2.45, 2.75) is 19.1 Å². The molecular formula is C5H8BI2NY. The van der Waals surface area contributed by atoms with Gasteiger partial charge < -0.3 is 0 Å². The largest absolute Gasteiger partial charge is 0.295 e. The molecule has 0 bridgehead atoms. The van der Waals surface area contributed by atoms with E-state index in [-0.39, 0.29) is 32.7 Å². The fourth-order valence-corrected chi connectivity index (χ4v) is 0.627. The predicted molar refractivity (Wildman–Crippen MR) is 60.1 cm³/mol. The Bertz CT molecular complexity index is 142. The van der Waals surface area contributed by atoms with E-state index in [1.165, 1.54) is 0 Å². The zero-order valence-electron chi connectivity index (χ0n) is 6.77. The molecule has 1 unspecified atom stereocenters. The summed E-state index contributed by atoms with van der Waals surface area (Å²) in [5.41, 5.74) is 0.762. The first-order valence-electron chi connectivity index (χ1n) is 3.07. The molecule has 0 N–H and O–H groups in total. The van der Waals surface area contributed by atoms with Gasteiger partial charge in [-0.05, 0) is 19.1 Å². The standard InChI is InChI=1S/C5H8BN.I2.Y/c1-4-5(6)2-3-7-4;1-2;/h5H,2-3H2,1H3;;/i5D;;. The molecule has 1 heterocycles. The Balaban J connectivity index is 0. The van der Waals surface area contributed by atoms with E-state index in [4.69, 9.17) is 9.22 Å². The number of nitrogens with zero attached hydrogens (tertiary/aromatic N) is 1. The van der Waals surface area contributed by atoms with Gasteiger partial charge in [-0.1, -0.05) is 0 Å². The Morgan fingerprint density at radius 3 is 2.40 bits per heavy atom. The van der Waals surface area contributed by atoms with Crippen molar-refractivity contribution in [1.82, 2.24) is 0 Å². The maximum absolute atomic E-state index is 7.34. The minimum absolute atomic E-state index is 0. The molecule has 3 radical (unpaired) electrons. The van der Waals surface area contributed by atoms with Gasteiger partial charge in [-0.2, -0.15) is 0 Å². The average Bonchev–Trinajstić information content (AvgIpc) is 2.17. The van der Waals surface area contributed by atoms with Crippen molar-refractivity contribution in [1.29, 1.82) is 0 Å². The van der Waals surface area contributed by atoms with Crippen LogP contribution in [0.25, 0.3) is 0 Å². The van der Waals surface area contributed by atoms with E-state index in [9.17, 15) is 0 Å². The summed E-state index contributed by atoms with van der Waals surface area (Å²) in [4.78, 5) is 3.99. The van der Waals surface area contributed by atoms with Gasteiger partial charge in [0.2, 0.25) is 0 Å². The Morgan fingerprint density at radius 1 is 1.80 bits per heavy atom. The normalized spacial score (nSPS) is 30.7. The van der Waals surface area contributed by atoms with Crippen molar-refractivity contribution in [3.8, 4) is 0 Å². The van der Waals surface area contributed by atoms with Crippen molar-refractivity contribution < 1.29 is 34.1 Å². The number of halogens is 2. The summed E-state index contributed by atoms with van der Waals surface area (Å²) in [7, 11) is 5.46. The van der Waals surface area contributed by atoms with Crippen LogP contribution in [-0.2, 0) is 32.7 Å². The van der Waals surface area contributed by atoms with Crippen LogP contribution in [0.15, 0.2) is 4.99 Å². The molecule has 5 heteroatoms. The topological polar surface area (TPSA) is 12.4 Å². The second kappa shape index (κ2) is 9.39. The average molecular weight is 437 g/mol. The van der Waals surface area contributed by atoms with E-state index in [0.717, 1.165) is 12.3 Å². The first-order chi connectivity index (χ1) is 4.63.